The number of ether oxygens (including phenoxy) is 1. The lowest BCUT2D eigenvalue weighted by molar-refractivity contribution is 0.131. The van der Waals surface area contributed by atoms with Gasteiger partial charge in [-0.1, -0.05) is 6.07 Å². The van der Waals surface area contributed by atoms with Crippen LogP contribution in [0.1, 0.15) is 0 Å². The molecule has 0 unspecified atom stereocenters. The summed E-state index contributed by atoms with van der Waals surface area (Å²) in [6, 6.07) is 9.01. The Bertz CT molecular complexity index is 511. The Morgan fingerprint density at radius 2 is 2.33 bits per heavy atom. The van der Waals surface area contributed by atoms with Gasteiger partial charge in [-0.25, -0.2) is 9.48 Å². The van der Waals surface area contributed by atoms with E-state index in [9.17, 15) is 4.79 Å². The number of carbonyl (C=O) groups is 1. The number of nitrogens with zero attached hydrogens (tertiary/aromatic N) is 2. The quantitative estimate of drug-likeness (QED) is 0.856. The SMILES string of the molecule is O=C(Nc1cccc(-n2cccn2)c1)OCCO. The Morgan fingerprint density at radius 1 is 1.44 bits per heavy atom. The molecule has 1 aromatic heterocycles. The molecule has 1 heterocycles. The molecule has 0 aliphatic rings. The van der Waals surface area contributed by atoms with Crippen LogP contribution in [-0.2, 0) is 4.74 Å². The standard InChI is InChI=1S/C12H13N3O3/c16-7-8-18-12(17)14-10-3-1-4-11(9-10)15-6-2-5-13-15/h1-6,9,16H,7-8H2,(H,14,17). The molecule has 0 bridgehead atoms. The Balaban J connectivity index is 2.06. The van der Waals surface area contributed by atoms with Crippen molar-refractivity contribution >= 4 is 11.8 Å². The molecule has 0 atom stereocenters. The maximum absolute atomic E-state index is 11.3. The first-order valence-corrected chi connectivity index (χ1v) is 5.44. The van der Waals surface area contributed by atoms with Crippen molar-refractivity contribution in [2.24, 2.45) is 0 Å². The molecule has 0 saturated heterocycles. The lowest BCUT2D eigenvalue weighted by Crippen LogP contribution is -2.15. The summed E-state index contributed by atoms with van der Waals surface area (Å²) < 4.78 is 6.39. The van der Waals surface area contributed by atoms with Crippen molar-refractivity contribution in [1.29, 1.82) is 0 Å². The molecule has 6 nitrogen and oxygen atoms in total. The van der Waals surface area contributed by atoms with Gasteiger partial charge < -0.3 is 9.84 Å². The van der Waals surface area contributed by atoms with Gasteiger partial charge in [0.1, 0.15) is 6.61 Å². The van der Waals surface area contributed by atoms with Gasteiger partial charge in [0.2, 0.25) is 0 Å². The number of nitrogens with one attached hydrogen (secondary N) is 1. The first kappa shape index (κ1) is 12.1. The topological polar surface area (TPSA) is 76.4 Å². The Morgan fingerprint density at radius 3 is 3.06 bits per heavy atom. The van der Waals surface area contributed by atoms with Crippen LogP contribution in [0.15, 0.2) is 42.7 Å². The predicted molar refractivity (Wildman–Crippen MR) is 65.6 cm³/mol. The molecule has 2 aromatic rings. The zero-order chi connectivity index (χ0) is 12.8. The number of aromatic nitrogens is 2. The highest BCUT2D eigenvalue weighted by molar-refractivity contribution is 5.84. The number of hydrogen-bond donors (Lipinski definition) is 2. The number of carbonyl (C=O) groups excluding carboxylic acids is 1. The van der Waals surface area contributed by atoms with Crippen LogP contribution in [-0.4, -0.2) is 34.2 Å². The fraction of sp³-hybridized carbons (Fsp3) is 0.167. The predicted octanol–water partition coefficient (Wildman–Crippen LogP) is 1.41. The van der Waals surface area contributed by atoms with Gasteiger partial charge in [0.25, 0.3) is 0 Å². The number of aliphatic hydroxyl groups is 1. The third-order valence-electron chi connectivity index (χ3n) is 2.19. The number of hydrogen-bond acceptors (Lipinski definition) is 4. The molecule has 0 fully saturated rings. The summed E-state index contributed by atoms with van der Waals surface area (Å²) in [5.41, 5.74) is 1.44. The zero-order valence-corrected chi connectivity index (χ0v) is 9.61. The van der Waals surface area contributed by atoms with Crippen molar-refractivity contribution in [3.8, 4) is 5.69 Å². The molecule has 94 valence electrons. The highest BCUT2D eigenvalue weighted by Gasteiger charge is 2.04. The molecular weight excluding hydrogens is 234 g/mol. The lowest BCUT2D eigenvalue weighted by atomic mass is 10.3. The Hall–Kier alpha value is -2.34. The third-order valence-corrected chi connectivity index (χ3v) is 2.19. The second-order valence-electron chi connectivity index (χ2n) is 3.49. The molecule has 1 aromatic carbocycles. The largest absolute Gasteiger partial charge is 0.447 e. The molecule has 0 spiro atoms. The van der Waals surface area contributed by atoms with E-state index in [-0.39, 0.29) is 13.2 Å². The smallest absolute Gasteiger partial charge is 0.411 e. The van der Waals surface area contributed by atoms with Gasteiger partial charge in [-0.2, -0.15) is 5.10 Å². The van der Waals surface area contributed by atoms with E-state index in [0.29, 0.717) is 5.69 Å². The summed E-state index contributed by atoms with van der Waals surface area (Å²) in [4.78, 5) is 11.3. The van der Waals surface area contributed by atoms with E-state index in [4.69, 9.17) is 9.84 Å². The number of benzene rings is 1. The summed E-state index contributed by atoms with van der Waals surface area (Å²) in [5, 5.41) is 15.2. The van der Waals surface area contributed by atoms with Crippen molar-refractivity contribution in [2.45, 2.75) is 0 Å². The number of aliphatic hydroxyl groups excluding tert-OH is 1. The van der Waals surface area contributed by atoms with E-state index in [1.807, 2.05) is 18.3 Å². The third kappa shape index (κ3) is 3.08. The Kier molecular flexibility index (Phi) is 3.93. The molecule has 0 saturated carbocycles. The molecule has 2 N–H and O–H groups in total. The van der Waals surface area contributed by atoms with Gasteiger partial charge in [-0.15, -0.1) is 0 Å². The molecule has 0 aliphatic heterocycles. The van der Waals surface area contributed by atoms with E-state index in [2.05, 4.69) is 10.4 Å². The van der Waals surface area contributed by atoms with Gasteiger partial charge >= 0.3 is 6.09 Å². The number of amides is 1. The molecule has 0 radical (unpaired) electrons. The van der Waals surface area contributed by atoms with Gasteiger partial charge in [-0.05, 0) is 24.3 Å². The van der Waals surface area contributed by atoms with Gasteiger partial charge in [0, 0.05) is 18.1 Å². The van der Waals surface area contributed by atoms with Crippen LogP contribution >= 0.6 is 0 Å². The first-order chi connectivity index (χ1) is 8.79. The second kappa shape index (κ2) is 5.83. The van der Waals surface area contributed by atoms with Crippen LogP contribution in [0, 0.1) is 0 Å². The van der Waals surface area contributed by atoms with Gasteiger partial charge in [0.05, 0.1) is 12.3 Å². The summed E-state index contributed by atoms with van der Waals surface area (Å²) >= 11 is 0. The maximum atomic E-state index is 11.3. The minimum atomic E-state index is -0.596. The van der Waals surface area contributed by atoms with E-state index >= 15 is 0 Å². The first-order valence-electron chi connectivity index (χ1n) is 5.44. The van der Waals surface area contributed by atoms with Crippen LogP contribution < -0.4 is 5.32 Å². The number of rotatable bonds is 4. The maximum Gasteiger partial charge on any atom is 0.411 e. The minimum absolute atomic E-state index is 0.0231. The summed E-state index contributed by atoms with van der Waals surface area (Å²) in [6.07, 6.45) is 2.89. The molecule has 1 amide bonds. The van der Waals surface area contributed by atoms with E-state index in [1.165, 1.54) is 0 Å². The Labute approximate surface area is 104 Å². The van der Waals surface area contributed by atoms with Crippen molar-refractivity contribution in [3.05, 3.63) is 42.7 Å². The summed E-state index contributed by atoms with van der Waals surface area (Å²) in [7, 11) is 0. The van der Waals surface area contributed by atoms with Crippen LogP contribution in [0.3, 0.4) is 0 Å². The van der Waals surface area contributed by atoms with Crippen molar-refractivity contribution < 1.29 is 14.6 Å². The highest BCUT2D eigenvalue weighted by Crippen LogP contribution is 2.13. The van der Waals surface area contributed by atoms with Crippen molar-refractivity contribution in [1.82, 2.24) is 9.78 Å². The monoisotopic (exact) mass is 247 g/mol. The van der Waals surface area contributed by atoms with Gasteiger partial charge in [-0.3, -0.25) is 5.32 Å². The molecule has 0 aliphatic carbocycles. The molecule has 18 heavy (non-hydrogen) atoms. The molecular formula is C12H13N3O3. The average molecular weight is 247 g/mol. The molecule has 2 rings (SSSR count). The second-order valence-corrected chi connectivity index (χ2v) is 3.49. The van der Waals surface area contributed by atoms with E-state index < -0.39 is 6.09 Å². The molecule has 6 heteroatoms. The van der Waals surface area contributed by atoms with Crippen LogP contribution in [0.2, 0.25) is 0 Å². The fourth-order valence-corrected chi connectivity index (χ4v) is 1.44. The van der Waals surface area contributed by atoms with Crippen LogP contribution in [0.5, 0.6) is 0 Å². The highest BCUT2D eigenvalue weighted by atomic mass is 16.6. The summed E-state index contributed by atoms with van der Waals surface area (Å²) in [5.74, 6) is 0. The van der Waals surface area contributed by atoms with Crippen molar-refractivity contribution in [3.63, 3.8) is 0 Å². The zero-order valence-electron chi connectivity index (χ0n) is 9.61. The van der Waals surface area contributed by atoms with Crippen LogP contribution in [0.4, 0.5) is 10.5 Å². The van der Waals surface area contributed by atoms with Gasteiger partial charge in [0.15, 0.2) is 0 Å². The minimum Gasteiger partial charge on any atom is -0.447 e. The fourth-order valence-electron chi connectivity index (χ4n) is 1.44. The normalized spacial score (nSPS) is 10.1. The summed E-state index contributed by atoms with van der Waals surface area (Å²) in [6.45, 7) is -0.217. The van der Waals surface area contributed by atoms with Crippen LogP contribution in [0.25, 0.3) is 5.69 Å². The van der Waals surface area contributed by atoms with E-state index in [1.54, 1.807) is 29.1 Å². The van der Waals surface area contributed by atoms with Crippen molar-refractivity contribution in [2.75, 3.05) is 18.5 Å². The lowest BCUT2D eigenvalue weighted by Gasteiger charge is -2.07. The van der Waals surface area contributed by atoms with E-state index in [0.717, 1.165) is 5.69 Å². The average Bonchev–Trinajstić information content (AvgIpc) is 2.90. The number of anilines is 1.